The lowest BCUT2D eigenvalue weighted by Gasteiger charge is -2.10. The van der Waals surface area contributed by atoms with Gasteiger partial charge in [0.2, 0.25) is 0 Å². The summed E-state index contributed by atoms with van der Waals surface area (Å²) >= 11 is 0. The van der Waals surface area contributed by atoms with Crippen molar-refractivity contribution in [2.45, 2.75) is 27.7 Å². The standard InChI is InChI=1S/C16H20/c1-6-13(4)11-16(12(2)3)15-10-8-7-9-14(15)5/h6-11H,1H2,2-5H3/b13-11-. The van der Waals surface area contributed by atoms with Crippen LogP contribution in [0, 0.1) is 6.92 Å². The molecule has 0 saturated carbocycles. The van der Waals surface area contributed by atoms with Gasteiger partial charge in [0, 0.05) is 0 Å². The van der Waals surface area contributed by atoms with Gasteiger partial charge in [-0.3, -0.25) is 0 Å². The lowest BCUT2D eigenvalue weighted by molar-refractivity contribution is 1.35. The lowest BCUT2D eigenvalue weighted by Crippen LogP contribution is -1.89. The summed E-state index contributed by atoms with van der Waals surface area (Å²) in [5, 5.41) is 0. The van der Waals surface area contributed by atoms with Crippen LogP contribution in [0.1, 0.15) is 31.9 Å². The highest BCUT2D eigenvalue weighted by Crippen LogP contribution is 2.24. The molecule has 1 rings (SSSR count). The Kier molecular flexibility index (Phi) is 4.30. The van der Waals surface area contributed by atoms with E-state index in [-0.39, 0.29) is 0 Å². The van der Waals surface area contributed by atoms with Gasteiger partial charge in [-0.25, -0.2) is 0 Å². The molecule has 16 heavy (non-hydrogen) atoms. The number of hydrogen-bond donors (Lipinski definition) is 0. The maximum Gasteiger partial charge on any atom is -0.0155 e. The zero-order chi connectivity index (χ0) is 12.1. The molecule has 0 aliphatic heterocycles. The molecule has 0 bridgehead atoms. The van der Waals surface area contributed by atoms with Gasteiger partial charge < -0.3 is 0 Å². The molecule has 0 unspecified atom stereocenters. The van der Waals surface area contributed by atoms with Crippen LogP contribution >= 0.6 is 0 Å². The molecule has 0 atom stereocenters. The molecule has 0 spiro atoms. The molecule has 1 aromatic rings. The van der Waals surface area contributed by atoms with Crippen LogP contribution in [0.2, 0.25) is 0 Å². The predicted octanol–water partition coefficient (Wildman–Crippen LogP) is 4.92. The van der Waals surface area contributed by atoms with Crippen molar-refractivity contribution in [2.24, 2.45) is 0 Å². The van der Waals surface area contributed by atoms with Gasteiger partial charge in [-0.15, -0.1) is 0 Å². The summed E-state index contributed by atoms with van der Waals surface area (Å²) in [6.07, 6.45) is 4.09. The first-order chi connectivity index (χ1) is 7.56. The number of benzene rings is 1. The van der Waals surface area contributed by atoms with Gasteiger partial charge in [0.15, 0.2) is 0 Å². The van der Waals surface area contributed by atoms with E-state index in [1.807, 2.05) is 6.08 Å². The van der Waals surface area contributed by atoms with E-state index < -0.39 is 0 Å². The first kappa shape index (κ1) is 12.5. The Hall–Kier alpha value is -1.56. The second-order valence-corrected chi connectivity index (χ2v) is 4.32. The molecule has 0 N–H and O–H groups in total. The monoisotopic (exact) mass is 212 g/mol. The summed E-state index contributed by atoms with van der Waals surface area (Å²) < 4.78 is 0. The molecular weight excluding hydrogens is 192 g/mol. The third kappa shape index (κ3) is 2.96. The molecule has 0 heteroatoms. The lowest BCUT2D eigenvalue weighted by atomic mass is 9.95. The van der Waals surface area contributed by atoms with Gasteiger partial charge in [-0.05, 0) is 44.4 Å². The third-order valence-corrected chi connectivity index (χ3v) is 2.67. The van der Waals surface area contributed by atoms with Crippen molar-refractivity contribution < 1.29 is 0 Å². The summed E-state index contributed by atoms with van der Waals surface area (Å²) in [7, 11) is 0. The Morgan fingerprint density at radius 3 is 2.25 bits per heavy atom. The van der Waals surface area contributed by atoms with E-state index in [1.165, 1.54) is 27.8 Å². The number of allylic oxidation sites excluding steroid dienone is 5. The van der Waals surface area contributed by atoms with Crippen molar-refractivity contribution in [1.82, 2.24) is 0 Å². The van der Waals surface area contributed by atoms with E-state index in [9.17, 15) is 0 Å². The predicted molar refractivity (Wildman–Crippen MR) is 73.4 cm³/mol. The molecule has 0 amide bonds. The Morgan fingerprint density at radius 2 is 1.75 bits per heavy atom. The minimum atomic E-state index is 1.19. The molecular formula is C16H20. The van der Waals surface area contributed by atoms with Crippen LogP contribution in [0.3, 0.4) is 0 Å². The van der Waals surface area contributed by atoms with E-state index in [0.717, 1.165) is 0 Å². The largest absolute Gasteiger partial charge is 0.0988 e. The summed E-state index contributed by atoms with van der Waals surface area (Å²) in [6, 6.07) is 8.48. The fourth-order valence-corrected chi connectivity index (χ4v) is 1.65. The van der Waals surface area contributed by atoms with Crippen LogP contribution in [-0.4, -0.2) is 0 Å². The van der Waals surface area contributed by atoms with Crippen molar-refractivity contribution in [3.05, 3.63) is 65.3 Å². The van der Waals surface area contributed by atoms with Gasteiger partial charge >= 0.3 is 0 Å². The van der Waals surface area contributed by atoms with Gasteiger partial charge in [-0.1, -0.05) is 54.1 Å². The van der Waals surface area contributed by atoms with E-state index in [1.54, 1.807) is 0 Å². The van der Waals surface area contributed by atoms with Crippen LogP contribution in [0.15, 0.2) is 54.1 Å². The first-order valence-corrected chi connectivity index (χ1v) is 5.60. The van der Waals surface area contributed by atoms with Crippen molar-refractivity contribution in [3.8, 4) is 0 Å². The molecule has 0 heterocycles. The Labute approximate surface area is 99.0 Å². The summed E-state index contributed by atoms with van der Waals surface area (Å²) in [4.78, 5) is 0. The number of aryl methyl sites for hydroxylation is 1. The second-order valence-electron chi connectivity index (χ2n) is 4.32. The van der Waals surface area contributed by atoms with E-state index in [2.05, 4.69) is 64.6 Å². The maximum absolute atomic E-state index is 3.80. The van der Waals surface area contributed by atoms with Crippen LogP contribution in [0.4, 0.5) is 0 Å². The van der Waals surface area contributed by atoms with Crippen LogP contribution < -0.4 is 0 Å². The van der Waals surface area contributed by atoms with Crippen LogP contribution in [0.25, 0.3) is 5.57 Å². The quantitative estimate of drug-likeness (QED) is 0.624. The van der Waals surface area contributed by atoms with Gasteiger partial charge in [0.05, 0.1) is 0 Å². The molecule has 0 aliphatic carbocycles. The molecule has 1 aromatic carbocycles. The zero-order valence-corrected chi connectivity index (χ0v) is 10.7. The van der Waals surface area contributed by atoms with Gasteiger partial charge in [-0.2, -0.15) is 0 Å². The minimum Gasteiger partial charge on any atom is -0.0988 e. The SMILES string of the molecule is C=C/C(C)=C\C(=C(C)C)c1ccccc1C. The van der Waals surface area contributed by atoms with E-state index >= 15 is 0 Å². The van der Waals surface area contributed by atoms with E-state index in [4.69, 9.17) is 0 Å². The smallest absolute Gasteiger partial charge is 0.0155 e. The minimum absolute atomic E-state index is 1.19. The normalized spacial score (nSPS) is 11.1. The molecule has 0 fully saturated rings. The van der Waals surface area contributed by atoms with E-state index in [0.29, 0.717) is 0 Å². The van der Waals surface area contributed by atoms with Crippen molar-refractivity contribution in [3.63, 3.8) is 0 Å². The highest BCUT2D eigenvalue weighted by atomic mass is 14.1. The zero-order valence-electron chi connectivity index (χ0n) is 10.7. The fraction of sp³-hybridized carbons (Fsp3) is 0.250. The highest BCUT2D eigenvalue weighted by molar-refractivity contribution is 5.78. The number of rotatable bonds is 3. The average molecular weight is 212 g/mol. The average Bonchev–Trinajstić information content (AvgIpc) is 2.26. The molecule has 0 saturated heterocycles. The van der Waals surface area contributed by atoms with Gasteiger partial charge in [0.25, 0.3) is 0 Å². The molecule has 0 aliphatic rings. The summed E-state index contributed by atoms with van der Waals surface area (Å²) in [5.41, 5.74) is 6.45. The summed E-state index contributed by atoms with van der Waals surface area (Å²) in [5.74, 6) is 0. The maximum atomic E-state index is 3.80. The van der Waals surface area contributed by atoms with Crippen LogP contribution in [0.5, 0.6) is 0 Å². The molecule has 0 radical (unpaired) electrons. The first-order valence-electron chi connectivity index (χ1n) is 5.60. The topological polar surface area (TPSA) is 0 Å². The Morgan fingerprint density at radius 1 is 1.12 bits per heavy atom. The number of hydrogen-bond acceptors (Lipinski definition) is 0. The highest BCUT2D eigenvalue weighted by Gasteiger charge is 2.03. The Balaban J connectivity index is 3.32. The second kappa shape index (κ2) is 5.50. The van der Waals surface area contributed by atoms with Crippen molar-refractivity contribution >= 4 is 5.57 Å². The Bertz CT molecular complexity index is 441. The van der Waals surface area contributed by atoms with Gasteiger partial charge in [0.1, 0.15) is 0 Å². The van der Waals surface area contributed by atoms with Crippen molar-refractivity contribution in [1.29, 1.82) is 0 Å². The molecule has 0 nitrogen and oxygen atoms in total. The van der Waals surface area contributed by atoms with Crippen LogP contribution in [-0.2, 0) is 0 Å². The fourth-order valence-electron chi connectivity index (χ4n) is 1.65. The third-order valence-electron chi connectivity index (χ3n) is 2.67. The van der Waals surface area contributed by atoms with Crippen molar-refractivity contribution in [2.75, 3.05) is 0 Å². The summed E-state index contributed by atoms with van der Waals surface area (Å²) in [6.45, 7) is 12.3. The molecule has 0 aromatic heterocycles. The molecule has 84 valence electrons.